The molecule has 0 saturated heterocycles. The molecule has 2 aromatic rings. The number of nitrogens with two attached hydrogens (primary N) is 1. The first-order chi connectivity index (χ1) is 7.72. The predicted molar refractivity (Wildman–Crippen MR) is 63.3 cm³/mol. The van der Waals surface area contributed by atoms with Gasteiger partial charge in [0.1, 0.15) is 10.8 Å². The number of carbonyl (C=O) groups is 1. The number of esters is 1. The molecule has 0 atom stereocenters. The number of hydrogen-bond acceptors (Lipinski definition) is 5. The number of aromatic nitrogens is 1. The van der Waals surface area contributed by atoms with Gasteiger partial charge >= 0.3 is 5.97 Å². The SMILES string of the molecule is COC(=O)c1sc(-c2ccccc2)nc1N. The molecule has 0 aliphatic heterocycles. The van der Waals surface area contributed by atoms with Crippen LogP contribution < -0.4 is 5.73 Å². The van der Waals surface area contributed by atoms with Crippen LogP contribution in [0.15, 0.2) is 30.3 Å². The zero-order valence-corrected chi connectivity index (χ0v) is 9.45. The highest BCUT2D eigenvalue weighted by Crippen LogP contribution is 2.29. The minimum absolute atomic E-state index is 0.218. The van der Waals surface area contributed by atoms with Crippen molar-refractivity contribution >= 4 is 23.1 Å². The fraction of sp³-hybridized carbons (Fsp3) is 0.0909. The molecular weight excluding hydrogens is 224 g/mol. The van der Waals surface area contributed by atoms with Crippen molar-refractivity contribution in [3.05, 3.63) is 35.2 Å². The molecule has 4 nitrogen and oxygen atoms in total. The van der Waals surface area contributed by atoms with Crippen molar-refractivity contribution in [2.24, 2.45) is 0 Å². The van der Waals surface area contributed by atoms with E-state index in [2.05, 4.69) is 9.72 Å². The van der Waals surface area contributed by atoms with E-state index in [4.69, 9.17) is 5.73 Å². The van der Waals surface area contributed by atoms with Gasteiger partial charge in [0, 0.05) is 5.56 Å². The van der Waals surface area contributed by atoms with Crippen molar-refractivity contribution in [2.45, 2.75) is 0 Å². The minimum atomic E-state index is -0.447. The molecule has 0 fully saturated rings. The molecule has 2 N–H and O–H groups in total. The summed E-state index contributed by atoms with van der Waals surface area (Å²) >= 11 is 1.23. The summed E-state index contributed by atoms with van der Waals surface area (Å²) in [7, 11) is 1.32. The Labute approximate surface area is 96.7 Å². The Morgan fingerprint density at radius 3 is 2.69 bits per heavy atom. The van der Waals surface area contributed by atoms with Crippen LogP contribution in [0.4, 0.5) is 5.82 Å². The normalized spacial score (nSPS) is 10.1. The second-order valence-corrected chi connectivity index (χ2v) is 4.09. The Kier molecular flexibility index (Phi) is 2.87. The monoisotopic (exact) mass is 234 g/mol. The number of carbonyl (C=O) groups excluding carboxylic acids is 1. The third-order valence-electron chi connectivity index (χ3n) is 2.04. The Balaban J connectivity index is 2.42. The van der Waals surface area contributed by atoms with E-state index in [1.807, 2.05) is 30.3 Å². The van der Waals surface area contributed by atoms with E-state index in [-0.39, 0.29) is 5.82 Å². The minimum Gasteiger partial charge on any atom is -0.465 e. The van der Waals surface area contributed by atoms with Crippen LogP contribution in [0, 0.1) is 0 Å². The molecule has 2 rings (SSSR count). The summed E-state index contributed by atoms with van der Waals surface area (Å²) < 4.78 is 4.62. The first-order valence-corrected chi connectivity index (χ1v) is 5.44. The fourth-order valence-electron chi connectivity index (χ4n) is 1.28. The maximum atomic E-state index is 11.3. The smallest absolute Gasteiger partial charge is 0.351 e. The van der Waals surface area contributed by atoms with Crippen molar-refractivity contribution in [2.75, 3.05) is 12.8 Å². The molecule has 1 heterocycles. The first kappa shape index (κ1) is 10.6. The molecule has 0 radical (unpaired) electrons. The molecule has 16 heavy (non-hydrogen) atoms. The predicted octanol–water partition coefficient (Wildman–Crippen LogP) is 2.18. The topological polar surface area (TPSA) is 65.2 Å². The number of anilines is 1. The summed E-state index contributed by atoms with van der Waals surface area (Å²) in [6.45, 7) is 0. The average Bonchev–Trinajstić information content (AvgIpc) is 2.71. The van der Waals surface area contributed by atoms with Crippen LogP contribution in [0.25, 0.3) is 10.6 Å². The molecule has 5 heteroatoms. The van der Waals surface area contributed by atoms with Crippen LogP contribution in [0.5, 0.6) is 0 Å². The molecule has 0 aliphatic rings. The molecule has 1 aromatic heterocycles. The number of ether oxygens (including phenoxy) is 1. The zero-order chi connectivity index (χ0) is 11.5. The lowest BCUT2D eigenvalue weighted by Crippen LogP contribution is -2.01. The lowest BCUT2D eigenvalue weighted by atomic mass is 10.2. The second-order valence-electron chi connectivity index (χ2n) is 3.09. The number of benzene rings is 1. The lowest BCUT2D eigenvalue weighted by Gasteiger charge is -1.93. The van der Waals surface area contributed by atoms with Gasteiger partial charge in [-0.05, 0) is 0 Å². The van der Waals surface area contributed by atoms with Gasteiger partial charge in [0.25, 0.3) is 0 Å². The number of hydrogen-bond donors (Lipinski definition) is 1. The van der Waals surface area contributed by atoms with Gasteiger partial charge in [-0.15, -0.1) is 11.3 Å². The third-order valence-corrected chi connectivity index (χ3v) is 3.15. The maximum absolute atomic E-state index is 11.3. The van der Waals surface area contributed by atoms with Crippen molar-refractivity contribution in [3.63, 3.8) is 0 Å². The molecule has 0 unspecified atom stereocenters. The van der Waals surface area contributed by atoms with E-state index in [9.17, 15) is 4.79 Å². The molecule has 0 spiro atoms. The van der Waals surface area contributed by atoms with Crippen molar-refractivity contribution < 1.29 is 9.53 Å². The molecule has 0 amide bonds. The first-order valence-electron chi connectivity index (χ1n) is 4.62. The van der Waals surface area contributed by atoms with Gasteiger partial charge in [-0.3, -0.25) is 0 Å². The second kappa shape index (κ2) is 4.32. The summed E-state index contributed by atoms with van der Waals surface area (Å²) in [4.78, 5) is 15.8. The number of nitrogen functional groups attached to an aromatic ring is 1. The molecule has 0 bridgehead atoms. The summed E-state index contributed by atoms with van der Waals surface area (Å²) in [6.07, 6.45) is 0. The van der Waals surface area contributed by atoms with Gasteiger partial charge < -0.3 is 10.5 Å². The summed E-state index contributed by atoms with van der Waals surface area (Å²) in [6, 6.07) is 9.57. The fourth-order valence-corrected chi connectivity index (χ4v) is 2.18. The van der Waals surface area contributed by atoms with Crippen LogP contribution in [0.2, 0.25) is 0 Å². The quantitative estimate of drug-likeness (QED) is 0.809. The van der Waals surface area contributed by atoms with E-state index in [1.54, 1.807) is 0 Å². The standard InChI is InChI=1S/C11H10N2O2S/c1-15-11(14)8-9(12)13-10(16-8)7-5-3-2-4-6-7/h2-6H,12H2,1H3. The highest BCUT2D eigenvalue weighted by molar-refractivity contribution is 7.17. The van der Waals surface area contributed by atoms with Gasteiger partial charge in [0.15, 0.2) is 4.88 Å². The van der Waals surface area contributed by atoms with E-state index in [1.165, 1.54) is 18.4 Å². The molecule has 0 saturated carbocycles. The van der Waals surface area contributed by atoms with Crippen molar-refractivity contribution in [3.8, 4) is 10.6 Å². The van der Waals surface area contributed by atoms with Crippen LogP contribution >= 0.6 is 11.3 Å². The van der Waals surface area contributed by atoms with Gasteiger partial charge in [-0.2, -0.15) is 0 Å². The summed E-state index contributed by atoms with van der Waals surface area (Å²) in [5.74, 6) is -0.229. The average molecular weight is 234 g/mol. The third kappa shape index (κ3) is 1.90. The molecule has 0 aliphatic carbocycles. The Bertz CT molecular complexity index is 508. The van der Waals surface area contributed by atoms with Gasteiger partial charge in [-0.1, -0.05) is 30.3 Å². The number of thiazole rings is 1. The van der Waals surface area contributed by atoms with E-state index in [0.29, 0.717) is 4.88 Å². The Morgan fingerprint density at radius 1 is 1.38 bits per heavy atom. The number of rotatable bonds is 2. The lowest BCUT2D eigenvalue weighted by molar-refractivity contribution is 0.0607. The van der Waals surface area contributed by atoms with Crippen LogP contribution in [-0.4, -0.2) is 18.1 Å². The number of nitrogens with zero attached hydrogens (tertiary/aromatic N) is 1. The Morgan fingerprint density at radius 2 is 2.06 bits per heavy atom. The van der Waals surface area contributed by atoms with E-state index in [0.717, 1.165) is 10.6 Å². The van der Waals surface area contributed by atoms with Crippen LogP contribution in [-0.2, 0) is 4.74 Å². The molecule has 82 valence electrons. The zero-order valence-electron chi connectivity index (χ0n) is 8.64. The van der Waals surface area contributed by atoms with E-state index < -0.39 is 5.97 Å². The number of methoxy groups -OCH3 is 1. The van der Waals surface area contributed by atoms with Gasteiger partial charge in [-0.25, -0.2) is 9.78 Å². The summed E-state index contributed by atoms with van der Waals surface area (Å²) in [5, 5.41) is 0.721. The highest BCUT2D eigenvalue weighted by Gasteiger charge is 2.16. The highest BCUT2D eigenvalue weighted by atomic mass is 32.1. The molecule has 1 aromatic carbocycles. The van der Waals surface area contributed by atoms with Gasteiger partial charge in [0.05, 0.1) is 7.11 Å². The maximum Gasteiger partial charge on any atom is 0.351 e. The van der Waals surface area contributed by atoms with Crippen molar-refractivity contribution in [1.29, 1.82) is 0 Å². The van der Waals surface area contributed by atoms with Crippen LogP contribution in [0.1, 0.15) is 9.67 Å². The van der Waals surface area contributed by atoms with Gasteiger partial charge in [0.2, 0.25) is 0 Å². The van der Waals surface area contributed by atoms with E-state index >= 15 is 0 Å². The molecular formula is C11H10N2O2S. The largest absolute Gasteiger partial charge is 0.465 e. The van der Waals surface area contributed by atoms with Crippen LogP contribution in [0.3, 0.4) is 0 Å². The Hall–Kier alpha value is -1.88. The summed E-state index contributed by atoms with van der Waals surface area (Å²) in [5.41, 5.74) is 6.59. The van der Waals surface area contributed by atoms with Crippen molar-refractivity contribution in [1.82, 2.24) is 4.98 Å².